The number of carbonyl (C=O) groups excluding carboxylic acids is 1. The Morgan fingerprint density at radius 3 is 2.67 bits per heavy atom. The minimum absolute atomic E-state index is 0.0997. The van der Waals surface area contributed by atoms with E-state index in [1.54, 1.807) is 13.2 Å². The molecule has 0 atom stereocenters. The summed E-state index contributed by atoms with van der Waals surface area (Å²) in [6.07, 6.45) is -0.373. The van der Waals surface area contributed by atoms with Crippen LogP contribution in [0, 0.1) is 0 Å². The van der Waals surface area contributed by atoms with Gasteiger partial charge in [0.1, 0.15) is 18.1 Å². The molecule has 0 saturated carbocycles. The lowest BCUT2D eigenvalue weighted by atomic mass is 10.2. The summed E-state index contributed by atoms with van der Waals surface area (Å²) in [6.45, 7) is 4.06. The minimum atomic E-state index is -0.473. The molecule has 0 aromatic heterocycles. The highest BCUT2D eigenvalue weighted by molar-refractivity contribution is 5.66. The zero-order valence-corrected chi connectivity index (χ0v) is 11.1. The van der Waals surface area contributed by atoms with Crippen LogP contribution in [0.3, 0.4) is 0 Å². The summed E-state index contributed by atoms with van der Waals surface area (Å²) in [4.78, 5) is 11.0. The van der Waals surface area contributed by atoms with E-state index >= 15 is 0 Å². The number of ether oxygens (including phenoxy) is 3. The minimum Gasteiger partial charge on any atom is -0.496 e. The molecule has 5 nitrogen and oxygen atoms in total. The van der Waals surface area contributed by atoms with Gasteiger partial charge in [0.2, 0.25) is 0 Å². The SMILES string of the molecule is CNC(=O)OCc1ccc(OC(C)C)cc1OC. The van der Waals surface area contributed by atoms with E-state index in [1.165, 1.54) is 7.05 Å². The normalized spacial score (nSPS) is 10.1. The largest absolute Gasteiger partial charge is 0.496 e. The Kier molecular flexibility index (Phi) is 5.30. The van der Waals surface area contributed by atoms with E-state index in [0.29, 0.717) is 5.75 Å². The van der Waals surface area contributed by atoms with Crippen LogP contribution in [0.2, 0.25) is 0 Å². The number of hydrogen-bond donors (Lipinski definition) is 1. The summed E-state index contributed by atoms with van der Waals surface area (Å²) in [5.41, 5.74) is 0.789. The fourth-order valence-electron chi connectivity index (χ4n) is 1.41. The molecule has 100 valence electrons. The number of benzene rings is 1. The first kappa shape index (κ1) is 14.2. The molecule has 1 N–H and O–H groups in total. The van der Waals surface area contributed by atoms with Crippen LogP contribution in [0.4, 0.5) is 4.79 Å². The second kappa shape index (κ2) is 6.74. The highest BCUT2D eigenvalue weighted by Crippen LogP contribution is 2.26. The summed E-state index contributed by atoms with van der Waals surface area (Å²) in [5, 5.41) is 2.38. The number of methoxy groups -OCH3 is 1. The van der Waals surface area contributed by atoms with Gasteiger partial charge in [-0.3, -0.25) is 0 Å². The molecule has 1 aromatic carbocycles. The smallest absolute Gasteiger partial charge is 0.407 e. The van der Waals surface area contributed by atoms with Crippen LogP contribution >= 0.6 is 0 Å². The first-order valence-electron chi connectivity index (χ1n) is 5.75. The van der Waals surface area contributed by atoms with Crippen LogP contribution in [0.1, 0.15) is 19.4 Å². The first-order chi connectivity index (χ1) is 8.56. The molecule has 0 heterocycles. The third-order valence-corrected chi connectivity index (χ3v) is 2.19. The second-order valence-corrected chi connectivity index (χ2v) is 3.97. The number of carbonyl (C=O) groups is 1. The Balaban J connectivity index is 2.76. The zero-order valence-electron chi connectivity index (χ0n) is 11.1. The molecule has 0 saturated heterocycles. The lowest BCUT2D eigenvalue weighted by Crippen LogP contribution is -2.19. The van der Waals surface area contributed by atoms with Gasteiger partial charge in [0.05, 0.1) is 13.2 Å². The quantitative estimate of drug-likeness (QED) is 0.875. The predicted octanol–water partition coefficient (Wildman–Crippen LogP) is 2.34. The number of nitrogens with one attached hydrogen (secondary N) is 1. The summed E-state index contributed by atoms with van der Waals surface area (Å²) in [6, 6.07) is 5.42. The molecule has 0 spiro atoms. The maximum Gasteiger partial charge on any atom is 0.407 e. The van der Waals surface area contributed by atoms with Gasteiger partial charge in [-0.2, -0.15) is 0 Å². The molecule has 1 amide bonds. The standard InChI is InChI=1S/C13H19NO4/c1-9(2)18-11-6-5-10(12(7-11)16-4)8-17-13(15)14-3/h5-7,9H,8H2,1-4H3,(H,14,15). The highest BCUT2D eigenvalue weighted by atomic mass is 16.5. The Bertz CT molecular complexity index is 404. The van der Waals surface area contributed by atoms with E-state index in [9.17, 15) is 4.79 Å². The molecule has 5 heteroatoms. The molecular formula is C13H19NO4. The molecule has 1 rings (SSSR count). The first-order valence-corrected chi connectivity index (χ1v) is 5.75. The molecule has 1 aromatic rings. The van der Waals surface area contributed by atoms with Crippen molar-refractivity contribution in [1.82, 2.24) is 5.32 Å². The van der Waals surface area contributed by atoms with Crippen molar-refractivity contribution in [2.75, 3.05) is 14.2 Å². The van der Waals surface area contributed by atoms with E-state index in [2.05, 4.69) is 5.32 Å². The van der Waals surface area contributed by atoms with Crippen molar-refractivity contribution in [2.45, 2.75) is 26.6 Å². The van der Waals surface area contributed by atoms with Gasteiger partial charge in [0, 0.05) is 18.7 Å². The van der Waals surface area contributed by atoms with Crippen LogP contribution in [0.15, 0.2) is 18.2 Å². The summed E-state index contributed by atoms with van der Waals surface area (Å²) in [5.74, 6) is 1.36. The lowest BCUT2D eigenvalue weighted by molar-refractivity contribution is 0.141. The zero-order chi connectivity index (χ0) is 13.5. The van der Waals surface area contributed by atoms with Crippen LogP contribution in [-0.2, 0) is 11.3 Å². The van der Waals surface area contributed by atoms with Crippen molar-refractivity contribution in [3.63, 3.8) is 0 Å². The molecule has 0 aliphatic carbocycles. The Morgan fingerprint density at radius 1 is 1.39 bits per heavy atom. The van der Waals surface area contributed by atoms with Crippen molar-refractivity contribution in [1.29, 1.82) is 0 Å². The highest BCUT2D eigenvalue weighted by Gasteiger charge is 2.08. The number of amides is 1. The van der Waals surface area contributed by atoms with Crippen LogP contribution in [0.25, 0.3) is 0 Å². The van der Waals surface area contributed by atoms with Crippen LogP contribution in [0.5, 0.6) is 11.5 Å². The lowest BCUT2D eigenvalue weighted by Gasteiger charge is -2.13. The monoisotopic (exact) mass is 253 g/mol. The van der Waals surface area contributed by atoms with Crippen LogP contribution < -0.4 is 14.8 Å². The van der Waals surface area contributed by atoms with E-state index < -0.39 is 6.09 Å². The Morgan fingerprint density at radius 2 is 2.11 bits per heavy atom. The van der Waals surface area contributed by atoms with E-state index in [-0.39, 0.29) is 12.7 Å². The number of alkyl carbamates (subject to hydrolysis) is 1. The third kappa shape index (κ3) is 4.16. The topological polar surface area (TPSA) is 56.8 Å². The summed E-state index contributed by atoms with van der Waals surface area (Å²) < 4.78 is 15.8. The van der Waals surface area contributed by atoms with Gasteiger partial charge in [-0.05, 0) is 26.0 Å². The maximum atomic E-state index is 11.0. The molecule has 0 unspecified atom stereocenters. The van der Waals surface area contributed by atoms with Crippen LogP contribution in [-0.4, -0.2) is 26.4 Å². The summed E-state index contributed by atoms with van der Waals surface area (Å²) >= 11 is 0. The molecule has 0 aliphatic heterocycles. The van der Waals surface area contributed by atoms with Gasteiger partial charge >= 0.3 is 6.09 Å². The fraction of sp³-hybridized carbons (Fsp3) is 0.462. The van der Waals surface area contributed by atoms with Gasteiger partial charge < -0.3 is 19.5 Å². The van der Waals surface area contributed by atoms with E-state index in [4.69, 9.17) is 14.2 Å². The summed E-state index contributed by atoms with van der Waals surface area (Å²) in [7, 11) is 3.08. The molecule has 18 heavy (non-hydrogen) atoms. The Hall–Kier alpha value is -1.91. The van der Waals surface area contributed by atoms with E-state index in [0.717, 1.165) is 11.3 Å². The molecular weight excluding hydrogens is 234 g/mol. The molecule has 0 aliphatic rings. The van der Waals surface area contributed by atoms with Gasteiger partial charge in [-0.1, -0.05) is 0 Å². The third-order valence-electron chi connectivity index (χ3n) is 2.19. The van der Waals surface area contributed by atoms with Gasteiger partial charge in [0.25, 0.3) is 0 Å². The predicted molar refractivity (Wildman–Crippen MR) is 68.0 cm³/mol. The number of rotatable bonds is 5. The maximum absolute atomic E-state index is 11.0. The fourth-order valence-corrected chi connectivity index (χ4v) is 1.41. The van der Waals surface area contributed by atoms with Gasteiger partial charge in [-0.25, -0.2) is 4.79 Å². The van der Waals surface area contributed by atoms with Gasteiger partial charge in [0.15, 0.2) is 0 Å². The molecule has 0 fully saturated rings. The molecule has 0 bridgehead atoms. The molecule has 0 radical (unpaired) electrons. The van der Waals surface area contributed by atoms with Crippen molar-refractivity contribution in [3.05, 3.63) is 23.8 Å². The Labute approximate surface area is 107 Å². The van der Waals surface area contributed by atoms with E-state index in [1.807, 2.05) is 26.0 Å². The average molecular weight is 253 g/mol. The van der Waals surface area contributed by atoms with Crippen molar-refractivity contribution < 1.29 is 19.0 Å². The van der Waals surface area contributed by atoms with Crippen molar-refractivity contribution >= 4 is 6.09 Å². The second-order valence-electron chi connectivity index (χ2n) is 3.97. The number of hydrogen-bond acceptors (Lipinski definition) is 4. The van der Waals surface area contributed by atoms with Gasteiger partial charge in [-0.15, -0.1) is 0 Å². The average Bonchev–Trinajstić information content (AvgIpc) is 2.35. The van der Waals surface area contributed by atoms with Crippen molar-refractivity contribution in [2.24, 2.45) is 0 Å². The van der Waals surface area contributed by atoms with Crippen molar-refractivity contribution in [3.8, 4) is 11.5 Å².